The van der Waals surface area contributed by atoms with Gasteiger partial charge in [0.05, 0.1) is 0 Å². The monoisotopic (exact) mass is 577 g/mol. The number of carbonyl (C=O) groups excluding carboxylic acids is 6. The van der Waals surface area contributed by atoms with Crippen LogP contribution < -0.4 is 21.3 Å². The van der Waals surface area contributed by atoms with Crippen LogP contribution in [0.1, 0.15) is 13.8 Å². The highest BCUT2D eigenvalue weighted by molar-refractivity contribution is 5.90. The minimum atomic E-state index is -1.38. The first kappa shape index (κ1) is 33.5. The van der Waals surface area contributed by atoms with Crippen molar-refractivity contribution in [1.82, 2.24) is 25.8 Å². The summed E-state index contributed by atoms with van der Waals surface area (Å²) in [5, 5.41) is 15.7. The SMILES string of the molecule is C=CC(=O)OCC(C)(COC(=O)C=C)NC(=O)Nc1n[nH]c(NC(=O)NC(C)(COC(=O)C=C)COC(=O)C=C)n1. The standard InChI is InChI=1S/C24H31N7O10/c1-7-15(32)38-11-23(5,12-39-16(33)8-2)28-21(36)26-19-25-20(31-30-19)27-22(37)29-24(6,13-40-17(34)9-3)14-41-18(35)10-4/h7-10H,1-4,11-14H2,5-6H3,(H5,25,26,27,28,29,30,31,36,37). The largest absolute Gasteiger partial charge is 0.460 e. The van der Waals surface area contributed by atoms with Crippen molar-refractivity contribution in [3.63, 3.8) is 0 Å². The van der Waals surface area contributed by atoms with E-state index in [4.69, 9.17) is 18.9 Å². The zero-order valence-corrected chi connectivity index (χ0v) is 22.4. The number of esters is 4. The fourth-order valence-corrected chi connectivity index (χ4v) is 2.58. The molecule has 17 nitrogen and oxygen atoms in total. The molecule has 41 heavy (non-hydrogen) atoms. The Morgan fingerprint density at radius 3 is 1.37 bits per heavy atom. The highest BCUT2D eigenvalue weighted by atomic mass is 16.6. The average molecular weight is 578 g/mol. The first-order valence-electron chi connectivity index (χ1n) is 11.5. The molecular formula is C24H31N7O10. The molecule has 4 amide bonds. The summed E-state index contributed by atoms with van der Waals surface area (Å²) in [5.41, 5.74) is -2.76. The number of ether oxygens (including phenoxy) is 4. The molecule has 0 saturated heterocycles. The van der Waals surface area contributed by atoms with Gasteiger partial charge in [-0.05, 0) is 13.8 Å². The molecule has 0 fully saturated rings. The van der Waals surface area contributed by atoms with Crippen molar-refractivity contribution < 1.29 is 47.7 Å². The van der Waals surface area contributed by atoms with Crippen molar-refractivity contribution in [2.24, 2.45) is 0 Å². The zero-order valence-electron chi connectivity index (χ0n) is 22.4. The third-order valence-corrected chi connectivity index (χ3v) is 4.57. The molecule has 5 N–H and O–H groups in total. The van der Waals surface area contributed by atoms with Crippen LogP contribution in [-0.4, -0.2) is 88.6 Å². The summed E-state index contributed by atoms with van der Waals surface area (Å²) in [6.45, 7) is 14.4. The number of nitrogens with zero attached hydrogens (tertiary/aromatic N) is 2. The highest BCUT2D eigenvalue weighted by Crippen LogP contribution is 2.11. The second-order valence-electron chi connectivity index (χ2n) is 8.53. The molecule has 1 rings (SSSR count). The summed E-state index contributed by atoms with van der Waals surface area (Å²) in [4.78, 5) is 74.8. The van der Waals surface area contributed by atoms with Crippen molar-refractivity contribution in [3.05, 3.63) is 50.6 Å². The van der Waals surface area contributed by atoms with Crippen molar-refractivity contribution >= 4 is 47.8 Å². The van der Waals surface area contributed by atoms with E-state index in [1.165, 1.54) is 13.8 Å². The predicted molar refractivity (Wildman–Crippen MR) is 142 cm³/mol. The van der Waals surface area contributed by atoms with Crippen LogP contribution in [0.15, 0.2) is 50.6 Å². The number of rotatable bonds is 16. The molecule has 0 aliphatic carbocycles. The fraction of sp³-hybridized carbons (Fsp3) is 0.333. The minimum Gasteiger partial charge on any atom is -0.460 e. The molecule has 0 atom stereocenters. The van der Waals surface area contributed by atoms with Crippen LogP contribution in [0.25, 0.3) is 0 Å². The average Bonchev–Trinajstić information content (AvgIpc) is 3.37. The molecule has 0 unspecified atom stereocenters. The van der Waals surface area contributed by atoms with Gasteiger partial charge >= 0.3 is 35.9 Å². The van der Waals surface area contributed by atoms with E-state index in [-0.39, 0.29) is 38.3 Å². The van der Waals surface area contributed by atoms with Crippen LogP contribution in [0.3, 0.4) is 0 Å². The molecule has 17 heteroatoms. The molecule has 222 valence electrons. The Bertz CT molecular complexity index is 1060. The van der Waals surface area contributed by atoms with E-state index in [0.717, 1.165) is 24.3 Å². The maximum Gasteiger partial charge on any atom is 0.330 e. The topological polar surface area (TPSA) is 229 Å². The lowest BCUT2D eigenvalue weighted by atomic mass is 10.1. The van der Waals surface area contributed by atoms with E-state index in [9.17, 15) is 28.8 Å². The van der Waals surface area contributed by atoms with Crippen LogP contribution in [-0.2, 0) is 38.1 Å². The second kappa shape index (κ2) is 15.8. The van der Waals surface area contributed by atoms with Gasteiger partial charge in [-0.1, -0.05) is 26.3 Å². The van der Waals surface area contributed by atoms with Gasteiger partial charge in [0.25, 0.3) is 5.95 Å². The molecule has 0 aliphatic rings. The Morgan fingerprint density at radius 1 is 0.683 bits per heavy atom. The van der Waals surface area contributed by atoms with E-state index in [1.54, 1.807) is 0 Å². The van der Waals surface area contributed by atoms with Gasteiger partial charge in [-0.25, -0.2) is 33.9 Å². The number of carbonyl (C=O) groups is 6. The van der Waals surface area contributed by atoms with Gasteiger partial charge in [-0.3, -0.25) is 10.6 Å². The van der Waals surface area contributed by atoms with Crippen molar-refractivity contribution in [2.45, 2.75) is 24.9 Å². The lowest BCUT2D eigenvalue weighted by Gasteiger charge is -2.29. The molecule has 1 aromatic rings. The maximum absolute atomic E-state index is 12.6. The Balaban J connectivity index is 2.84. The summed E-state index contributed by atoms with van der Waals surface area (Å²) in [7, 11) is 0. The zero-order chi connectivity index (χ0) is 31.1. The van der Waals surface area contributed by atoms with Gasteiger partial charge in [0.1, 0.15) is 37.5 Å². The third kappa shape index (κ3) is 12.7. The molecule has 1 aromatic heterocycles. The van der Waals surface area contributed by atoms with E-state index >= 15 is 0 Å². The van der Waals surface area contributed by atoms with Crippen LogP contribution in [0.2, 0.25) is 0 Å². The molecule has 0 aromatic carbocycles. The molecule has 0 saturated carbocycles. The Morgan fingerprint density at radius 2 is 1.02 bits per heavy atom. The quantitative estimate of drug-likeness (QED) is 0.103. The minimum absolute atomic E-state index is 0.214. The molecule has 0 aliphatic heterocycles. The Labute approximate surface area is 234 Å². The van der Waals surface area contributed by atoms with Crippen molar-refractivity contribution in [3.8, 4) is 0 Å². The number of anilines is 2. The van der Waals surface area contributed by atoms with E-state index in [2.05, 4.69) is 62.8 Å². The predicted octanol–water partition coefficient (Wildman–Crippen LogP) is 0.482. The van der Waals surface area contributed by atoms with Gasteiger partial charge in [0.15, 0.2) is 0 Å². The van der Waals surface area contributed by atoms with Crippen LogP contribution >= 0.6 is 0 Å². The number of hydrogen-bond donors (Lipinski definition) is 5. The van der Waals surface area contributed by atoms with Crippen molar-refractivity contribution in [2.75, 3.05) is 37.1 Å². The number of aromatic nitrogens is 3. The molecule has 0 bridgehead atoms. The number of aromatic amines is 1. The van der Waals surface area contributed by atoms with Gasteiger partial charge in [-0.2, -0.15) is 4.98 Å². The van der Waals surface area contributed by atoms with Gasteiger partial charge in [-0.15, -0.1) is 5.10 Å². The number of urea groups is 2. The Kier molecular flexibility index (Phi) is 12.9. The fourth-order valence-electron chi connectivity index (χ4n) is 2.58. The van der Waals surface area contributed by atoms with Gasteiger partial charge < -0.3 is 29.6 Å². The molecular weight excluding hydrogens is 546 g/mol. The lowest BCUT2D eigenvalue weighted by molar-refractivity contribution is -0.145. The number of hydrogen-bond acceptors (Lipinski definition) is 12. The maximum atomic E-state index is 12.6. The smallest absolute Gasteiger partial charge is 0.330 e. The number of amides is 4. The van der Waals surface area contributed by atoms with Crippen LogP contribution in [0, 0.1) is 0 Å². The normalized spacial score (nSPS) is 10.6. The second-order valence-corrected chi connectivity index (χ2v) is 8.53. The summed E-state index contributed by atoms with van der Waals surface area (Å²) in [5.74, 6) is -3.59. The molecule has 0 radical (unpaired) electrons. The first-order chi connectivity index (χ1) is 19.3. The first-order valence-corrected chi connectivity index (χ1v) is 11.5. The van der Waals surface area contributed by atoms with Crippen LogP contribution in [0.4, 0.5) is 21.5 Å². The van der Waals surface area contributed by atoms with Gasteiger partial charge in [0.2, 0.25) is 5.95 Å². The van der Waals surface area contributed by atoms with Crippen molar-refractivity contribution in [1.29, 1.82) is 0 Å². The summed E-state index contributed by atoms with van der Waals surface area (Å²) < 4.78 is 19.8. The number of H-pyrrole nitrogens is 1. The van der Waals surface area contributed by atoms with E-state index in [1.807, 2.05) is 0 Å². The third-order valence-electron chi connectivity index (χ3n) is 4.57. The van der Waals surface area contributed by atoms with Gasteiger partial charge in [0, 0.05) is 24.3 Å². The lowest BCUT2D eigenvalue weighted by Crippen LogP contribution is -2.55. The summed E-state index contributed by atoms with van der Waals surface area (Å²) in [6, 6.07) is -1.75. The van der Waals surface area contributed by atoms with E-state index < -0.39 is 47.0 Å². The Hall–Kier alpha value is -5.48. The van der Waals surface area contributed by atoms with Crippen LogP contribution in [0.5, 0.6) is 0 Å². The molecule has 0 spiro atoms. The summed E-state index contributed by atoms with van der Waals surface area (Å²) in [6.07, 6.45) is 3.66. The number of nitrogens with one attached hydrogen (secondary N) is 5. The highest BCUT2D eigenvalue weighted by Gasteiger charge is 2.32. The molecule has 1 heterocycles. The van der Waals surface area contributed by atoms with E-state index in [0.29, 0.717) is 0 Å². The summed E-state index contributed by atoms with van der Waals surface area (Å²) >= 11 is 0.